The molecule has 2 unspecified atom stereocenters. The molecule has 2 fully saturated rings. The lowest BCUT2D eigenvalue weighted by atomic mass is 9.80. The SMILES string of the molecule is CC(=O)C(Cl)c1cccnc1C1CCC1.CC(=O)C(O)c1cccnc1C1CCC1.O=S(Cl)Cl. The topological polar surface area (TPSA) is 97.2 Å². The number of carbonyl (C=O) groups is 2. The second kappa shape index (κ2) is 14.2. The van der Waals surface area contributed by atoms with E-state index < -0.39 is 20.7 Å². The highest BCUT2D eigenvalue weighted by Gasteiger charge is 2.28. The van der Waals surface area contributed by atoms with Crippen LogP contribution in [0.15, 0.2) is 36.7 Å². The van der Waals surface area contributed by atoms with Crippen LogP contribution in [0.5, 0.6) is 0 Å². The summed E-state index contributed by atoms with van der Waals surface area (Å²) in [6, 6.07) is 7.33. The van der Waals surface area contributed by atoms with Crippen molar-refractivity contribution in [3.63, 3.8) is 0 Å². The molecule has 10 heteroatoms. The van der Waals surface area contributed by atoms with E-state index >= 15 is 0 Å². The van der Waals surface area contributed by atoms with Crippen molar-refractivity contribution in [2.75, 3.05) is 0 Å². The van der Waals surface area contributed by atoms with Crippen LogP contribution in [0.1, 0.15) is 98.2 Å². The summed E-state index contributed by atoms with van der Waals surface area (Å²) in [6.45, 7) is 2.93. The van der Waals surface area contributed by atoms with E-state index in [9.17, 15) is 14.7 Å². The Labute approximate surface area is 216 Å². The first-order valence-electron chi connectivity index (χ1n) is 11.1. The van der Waals surface area contributed by atoms with Gasteiger partial charge in [-0.05, 0) is 57.2 Å². The number of aliphatic hydroxyl groups is 1. The van der Waals surface area contributed by atoms with E-state index in [-0.39, 0.29) is 11.6 Å². The van der Waals surface area contributed by atoms with Gasteiger partial charge in [0, 0.05) is 62.5 Å². The molecule has 0 saturated heterocycles. The average molecular weight is 548 g/mol. The zero-order valence-electron chi connectivity index (χ0n) is 19.1. The molecule has 34 heavy (non-hydrogen) atoms. The lowest BCUT2D eigenvalue weighted by Gasteiger charge is -2.27. The van der Waals surface area contributed by atoms with Crippen molar-refractivity contribution in [1.82, 2.24) is 9.97 Å². The van der Waals surface area contributed by atoms with E-state index in [4.69, 9.17) is 15.8 Å². The Morgan fingerprint density at radius 2 is 1.32 bits per heavy atom. The average Bonchev–Trinajstić information content (AvgIpc) is 2.71. The molecule has 2 aliphatic rings. The number of alkyl halides is 1. The lowest BCUT2D eigenvalue weighted by molar-refractivity contribution is -0.125. The van der Waals surface area contributed by atoms with Gasteiger partial charge in [-0.2, -0.15) is 0 Å². The molecule has 2 heterocycles. The summed E-state index contributed by atoms with van der Waals surface area (Å²) in [5, 5.41) is 9.22. The molecule has 2 saturated carbocycles. The maximum absolute atomic E-state index is 11.3. The number of aliphatic hydroxyl groups excluding tert-OH is 1. The summed E-state index contributed by atoms with van der Waals surface area (Å²) in [5.74, 6) is 0.728. The molecule has 0 aliphatic heterocycles. The fourth-order valence-electron chi connectivity index (χ4n) is 3.79. The van der Waals surface area contributed by atoms with Gasteiger partial charge in [-0.15, -0.1) is 11.6 Å². The van der Waals surface area contributed by atoms with Crippen molar-refractivity contribution < 1.29 is 18.9 Å². The van der Waals surface area contributed by atoms with Crippen molar-refractivity contribution in [2.45, 2.75) is 75.7 Å². The zero-order valence-corrected chi connectivity index (χ0v) is 22.2. The van der Waals surface area contributed by atoms with Crippen molar-refractivity contribution in [3.8, 4) is 0 Å². The van der Waals surface area contributed by atoms with Crippen molar-refractivity contribution in [3.05, 3.63) is 59.2 Å². The first kappa shape index (κ1) is 28.9. The molecule has 2 aromatic heterocycles. The third kappa shape index (κ3) is 8.38. The number of nitrogens with zero attached hydrogens (tertiary/aromatic N) is 2. The van der Waals surface area contributed by atoms with E-state index in [0.29, 0.717) is 17.4 Å². The zero-order chi connectivity index (χ0) is 25.3. The van der Waals surface area contributed by atoms with E-state index in [2.05, 4.69) is 31.3 Å². The molecule has 0 amide bonds. The highest BCUT2D eigenvalue weighted by molar-refractivity contribution is 8.26. The first-order chi connectivity index (χ1) is 16.1. The number of ketones is 2. The molecule has 0 radical (unpaired) electrons. The van der Waals surface area contributed by atoms with Gasteiger partial charge in [-0.25, -0.2) is 4.21 Å². The molecule has 1 N–H and O–H groups in total. The highest BCUT2D eigenvalue weighted by atomic mass is 36.0. The van der Waals surface area contributed by atoms with E-state index in [0.717, 1.165) is 29.8 Å². The molecule has 2 aromatic rings. The molecule has 2 aliphatic carbocycles. The Morgan fingerprint density at radius 3 is 1.68 bits per heavy atom. The Morgan fingerprint density at radius 1 is 0.912 bits per heavy atom. The summed E-state index contributed by atoms with van der Waals surface area (Å²) < 4.78 is 9.09. The molecular formula is C24H29Cl3N2O4S. The standard InChI is InChI=1S/C12H14ClNO.C12H15NO2.Cl2OS/c1-8(15)11(13)10-6-3-7-14-12(10)9-4-2-5-9;1-8(14)12(15)10-6-3-7-13-11(10)9-4-2-5-9;1-4(2)3/h3,6-7,9,11H,2,4-5H2,1H3;3,6-7,9,12,15H,2,4-5H2,1H3;. The second-order valence-corrected chi connectivity index (χ2v) is 11.3. The van der Waals surface area contributed by atoms with Gasteiger partial charge in [0.15, 0.2) is 11.6 Å². The number of hydrogen-bond acceptors (Lipinski definition) is 6. The van der Waals surface area contributed by atoms with Crippen LogP contribution in [-0.2, 0) is 18.8 Å². The Balaban J connectivity index is 0.000000208. The van der Waals surface area contributed by atoms with Gasteiger partial charge in [0.2, 0.25) is 9.23 Å². The molecule has 2 atom stereocenters. The molecule has 0 bridgehead atoms. The van der Waals surface area contributed by atoms with E-state index in [1.54, 1.807) is 24.5 Å². The van der Waals surface area contributed by atoms with Gasteiger partial charge < -0.3 is 5.11 Å². The number of Topliss-reactive ketones (excluding diaryl/α,β-unsaturated/α-hetero) is 2. The smallest absolute Gasteiger partial charge is 0.211 e. The number of rotatable bonds is 6. The fraction of sp³-hybridized carbons (Fsp3) is 0.500. The molecule has 0 spiro atoms. The third-order valence-corrected chi connectivity index (χ3v) is 6.58. The summed E-state index contributed by atoms with van der Waals surface area (Å²) in [6.07, 6.45) is 9.56. The first-order valence-corrected chi connectivity index (χ1v) is 14.3. The molecular weight excluding hydrogens is 519 g/mol. The van der Waals surface area contributed by atoms with Crippen LogP contribution in [0.25, 0.3) is 0 Å². The van der Waals surface area contributed by atoms with Gasteiger partial charge >= 0.3 is 0 Å². The predicted molar refractivity (Wildman–Crippen MR) is 136 cm³/mol. The highest BCUT2D eigenvalue weighted by Crippen LogP contribution is 2.40. The quantitative estimate of drug-likeness (QED) is 0.340. The molecule has 4 rings (SSSR count). The number of halogens is 3. The van der Waals surface area contributed by atoms with Gasteiger partial charge in [-0.1, -0.05) is 25.0 Å². The number of hydrogen-bond donors (Lipinski definition) is 1. The van der Waals surface area contributed by atoms with Crippen molar-refractivity contribution >= 4 is 53.8 Å². The number of carbonyl (C=O) groups excluding carboxylic acids is 2. The van der Waals surface area contributed by atoms with Crippen molar-refractivity contribution in [1.29, 1.82) is 0 Å². The van der Waals surface area contributed by atoms with Crippen LogP contribution in [0.3, 0.4) is 0 Å². The maximum Gasteiger partial charge on any atom is 0.211 e. The maximum atomic E-state index is 11.3. The van der Waals surface area contributed by atoms with Crippen LogP contribution >= 0.6 is 33.0 Å². The minimum atomic E-state index is -1.67. The molecule has 186 valence electrons. The van der Waals surface area contributed by atoms with E-state index in [1.807, 2.05) is 12.1 Å². The Bertz CT molecular complexity index is 922. The fourth-order valence-corrected chi connectivity index (χ4v) is 3.97. The Kier molecular flexibility index (Phi) is 12.1. The summed E-state index contributed by atoms with van der Waals surface area (Å²) >= 11 is 6.08. The monoisotopic (exact) mass is 546 g/mol. The Hall–Kier alpha value is -1.38. The minimum absolute atomic E-state index is 0.00904. The number of aromatic nitrogens is 2. The van der Waals surface area contributed by atoms with Crippen molar-refractivity contribution in [2.24, 2.45) is 0 Å². The predicted octanol–water partition coefficient (Wildman–Crippen LogP) is 6.23. The van der Waals surface area contributed by atoms with E-state index in [1.165, 1.54) is 39.5 Å². The van der Waals surface area contributed by atoms with Crippen LogP contribution in [0.4, 0.5) is 0 Å². The van der Waals surface area contributed by atoms with Crippen LogP contribution in [-0.4, -0.2) is 30.8 Å². The third-order valence-electron chi connectivity index (χ3n) is 6.04. The van der Waals surface area contributed by atoms with Gasteiger partial charge in [0.25, 0.3) is 0 Å². The summed E-state index contributed by atoms with van der Waals surface area (Å²) in [7, 11) is 7.36. The normalized spacial score (nSPS) is 17.1. The molecule has 0 aromatic carbocycles. The second-order valence-electron chi connectivity index (χ2n) is 8.38. The molecule has 6 nitrogen and oxygen atoms in total. The van der Waals surface area contributed by atoms with Crippen LogP contribution in [0.2, 0.25) is 0 Å². The van der Waals surface area contributed by atoms with Gasteiger partial charge in [0.1, 0.15) is 11.5 Å². The summed E-state index contributed by atoms with van der Waals surface area (Å²) in [5.41, 5.74) is 3.52. The van der Waals surface area contributed by atoms with Crippen LogP contribution < -0.4 is 0 Å². The lowest BCUT2D eigenvalue weighted by Crippen LogP contribution is -2.17. The van der Waals surface area contributed by atoms with Gasteiger partial charge in [-0.3, -0.25) is 19.6 Å². The minimum Gasteiger partial charge on any atom is -0.380 e. The largest absolute Gasteiger partial charge is 0.380 e. The summed E-state index contributed by atoms with van der Waals surface area (Å²) in [4.78, 5) is 31.1. The van der Waals surface area contributed by atoms with Crippen LogP contribution in [0, 0.1) is 0 Å². The van der Waals surface area contributed by atoms with Gasteiger partial charge in [0.05, 0.1) is 0 Å². The number of pyridine rings is 2.